The number of aryl methyl sites for hydroxylation is 1. The van der Waals surface area contributed by atoms with Crippen LogP contribution in [-0.2, 0) is 23.2 Å². The SMILES string of the molecule is CCOC(=O)C(C)NC(=O)c1nn(C)c2c1COc1ccccc1-2. The summed E-state index contributed by atoms with van der Waals surface area (Å²) in [5.74, 6) is -0.132. The second-order valence-electron chi connectivity index (χ2n) is 5.53. The fourth-order valence-electron chi connectivity index (χ4n) is 2.75. The predicted molar refractivity (Wildman–Crippen MR) is 86.5 cm³/mol. The van der Waals surface area contributed by atoms with Gasteiger partial charge in [-0.1, -0.05) is 12.1 Å². The topological polar surface area (TPSA) is 82.5 Å². The number of ether oxygens (including phenoxy) is 2. The molecule has 7 nitrogen and oxygen atoms in total. The molecular formula is C17H19N3O4. The molecule has 24 heavy (non-hydrogen) atoms. The first kappa shape index (κ1) is 16.0. The maximum absolute atomic E-state index is 12.5. The number of benzene rings is 1. The molecule has 0 saturated heterocycles. The van der Waals surface area contributed by atoms with Gasteiger partial charge in [-0.05, 0) is 26.0 Å². The first-order chi connectivity index (χ1) is 11.5. The number of rotatable bonds is 4. The molecule has 0 bridgehead atoms. The Bertz CT molecular complexity index is 797. The molecule has 1 aliphatic rings. The van der Waals surface area contributed by atoms with Gasteiger partial charge in [-0.15, -0.1) is 0 Å². The molecule has 0 aliphatic carbocycles. The second kappa shape index (κ2) is 6.35. The average Bonchev–Trinajstić information content (AvgIpc) is 2.92. The number of carbonyl (C=O) groups excluding carboxylic acids is 2. The molecule has 3 rings (SSSR count). The van der Waals surface area contributed by atoms with Crippen molar-refractivity contribution in [3.63, 3.8) is 0 Å². The summed E-state index contributed by atoms with van der Waals surface area (Å²) in [7, 11) is 1.78. The highest BCUT2D eigenvalue weighted by Gasteiger charge is 2.29. The fourth-order valence-corrected chi connectivity index (χ4v) is 2.75. The van der Waals surface area contributed by atoms with Crippen molar-refractivity contribution in [2.45, 2.75) is 26.5 Å². The van der Waals surface area contributed by atoms with Crippen molar-refractivity contribution in [2.24, 2.45) is 7.05 Å². The standard InChI is InChI=1S/C17H19N3O4/c1-4-23-17(22)10(2)18-16(21)14-12-9-24-13-8-6-5-7-11(13)15(12)20(3)19-14/h5-8,10H,4,9H2,1-3H3,(H,18,21). The number of aromatic nitrogens is 2. The van der Waals surface area contributed by atoms with Gasteiger partial charge in [0, 0.05) is 18.2 Å². The quantitative estimate of drug-likeness (QED) is 0.863. The number of nitrogens with zero attached hydrogens (tertiary/aromatic N) is 2. The van der Waals surface area contributed by atoms with Gasteiger partial charge in [0.25, 0.3) is 5.91 Å². The third-order valence-electron chi connectivity index (χ3n) is 3.86. The maximum atomic E-state index is 12.5. The number of amides is 1. The number of carbonyl (C=O) groups is 2. The van der Waals surface area contributed by atoms with Gasteiger partial charge in [0.2, 0.25) is 0 Å². The van der Waals surface area contributed by atoms with Gasteiger partial charge in [-0.3, -0.25) is 9.48 Å². The van der Waals surface area contributed by atoms with Crippen LogP contribution in [0.25, 0.3) is 11.3 Å². The van der Waals surface area contributed by atoms with Gasteiger partial charge in [-0.2, -0.15) is 5.10 Å². The average molecular weight is 329 g/mol. The number of esters is 1. The van der Waals surface area contributed by atoms with Crippen LogP contribution in [0.15, 0.2) is 24.3 Å². The molecule has 0 fully saturated rings. The van der Waals surface area contributed by atoms with Crippen LogP contribution in [0.1, 0.15) is 29.9 Å². The Morgan fingerprint density at radius 2 is 2.17 bits per heavy atom. The zero-order valence-electron chi connectivity index (χ0n) is 13.8. The summed E-state index contributed by atoms with van der Waals surface area (Å²) in [5.41, 5.74) is 2.72. The first-order valence-corrected chi connectivity index (χ1v) is 7.78. The molecule has 2 aromatic rings. The third-order valence-corrected chi connectivity index (χ3v) is 3.86. The summed E-state index contributed by atoms with van der Waals surface area (Å²) < 4.78 is 12.3. The molecule has 1 aromatic heterocycles. The number of fused-ring (bicyclic) bond motifs is 3. The van der Waals surface area contributed by atoms with E-state index in [2.05, 4.69) is 10.4 Å². The molecular weight excluding hydrogens is 310 g/mol. The number of hydrogen-bond donors (Lipinski definition) is 1. The molecule has 1 amide bonds. The van der Waals surface area contributed by atoms with Crippen molar-refractivity contribution in [1.82, 2.24) is 15.1 Å². The summed E-state index contributed by atoms with van der Waals surface area (Å²) in [6.45, 7) is 3.83. The Kier molecular flexibility index (Phi) is 4.24. The largest absolute Gasteiger partial charge is 0.488 e. The van der Waals surface area contributed by atoms with Crippen LogP contribution < -0.4 is 10.1 Å². The highest BCUT2D eigenvalue weighted by molar-refractivity contribution is 5.98. The van der Waals surface area contributed by atoms with Crippen LogP contribution in [-0.4, -0.2) is 34.3 Å². The van der Waals surface area contributed by atoms with Crippen molar-refractivity contribution >= 4 is 11.9 Å². The Morgan fingerprint density at radius 3 is 2.92 bits per heavy atom. The highest BCUT2D eigenvalue weighted by Crippen LogP contribution is 2.38. The smallest absolute Gasteiger partial charge is 0.328 e. The van der Waals surface area contributed by atoms with E-state index < -0.39 is 17.9 Å². The van der Waals surface area contributed by atoms with E-state index in [-0.39, 0.29) is 18.9 Å². The van der Waals surface area contributed by atoms with Gasteiger partial charge in [-0.25, -0.2) is 4.79 Å². The van der Waals surface area contributed by atoms with Crippen LogP contribution in [0.3, 0.4) is 0 Å². The molecule has 0 saturated carbocycles. The lowest BCUT2D eigenvalue weighted by atomic mass is 10.0. The predicted octanol–water partition coefficient (Wildman–Crippen LogP) is 1.66. The highest BCUT2D eigenvalue weighted by atomic mass is 16.5. The zero-order chi connectivity index (χ0) is 17.3. The van der Waals surface area contributed by atoms with Crippen LogP contribution in [0.5, 0.6) is 5.75 Å². The molecule has 0 radical (unpaired) electrons. The minimum absolute atomic E-state index is 0.261. The van der Waals surface area contributed by atoms with Gasteiger partial charge >= 0.3 is 5.97 Å². The van der Waals surface area contributed by atoms with Crippen molar-refractivity contribution in [3.8, 4) is 17.0 Å². The van der Waals surface area contributed by atoms with Crippen LogP contribution in [0, 0.1) is 0 Å². The summed E-state index contributed by atoms with van der Waals surface area (Å²) in [5, 5.41) is 6.95. The van der Waals surface area contributed by atoms with Crippen LogP contribution in [0.4, 0.5) is 0 Å². The van der Waals surface area contributed by atoms with Crippen molar-refractivity contribution in [2.75, 3.05) is 6.61 Å². The van der Waals surface area contributed by atoms with E-state index in [0.717, 1.165) is 17.0 Å². The van der Waals surface area contributed by atoms with E-state index in [1.807, 2.05) is 24.3 Å². The number of hydrogen-bond acceptors (Lipinski definition) is 5. The Morgan fingerprint density at radius 1 is 1.42 bits per heavy atom. The lowest BCUT2D eigenvalue weighted by Gasteiger charge is -2.18. The Hall–Kier alpha value is -2.83. The summed E-state index contributed by atoms with van der Waals surface area (Å²) >= 11 is 0. The lowest BCUT2D eigenvalue weighted by molar-refractivity contribution is -0.144. The molecule has 1 atom stereocenters. The molecule has 2 heterocycles. The van der Waals surface area contributed by atoms with Crippen LogP contribution in [0.2, 0.25) is 0 Å². The van der Waals surface area contributed by atoms with Gasteiger partial charge in [0.1, 0.15) is 18.4 Å². The van der Waals surface area contributed by atoms with Crippen LogP contribution >= 0.6 is 0 Å². The van der Waals surface area contributed by atoms with Gasteiger partial charge in [0.05, 0.1) is 12.3 Å². The molecule has 126 valence electrons. The van der Waals surface area contributed by atoms with E-state index in [0.29, 0.717) is 5.56 Å². The van der Waals surface area contributed by atoms with E-state index in [1.54, 1.807) is 25.6 Å². The molecule has 1 unspecified atom stereocenters. The molecule has 7 heteroatoms. The van der Waals surface area contributed by atoms with Gasteiger partial charge < -0.3 is 14.8 Å². The fraction of sp³-hybridized carbons (Fsp3) is 0.353. The third kappa shape index (κ3) is 2.73. The summed E-state index contributed by atoms with van der Waals surface area (Å²) in [6, 6.07) is 6.87. The minimum Gasteiger partial charge on any atom is -0.488 e. The van der Waals surface area contributed by atoms with E-state index in [4.69, 9.17) is 9.47 Å². The monoisotopic (exact) mass is 329 g/mol. The first-order valence-electron chi connectivity index (χ1n) is 7.78. The maximum Gasteiger partial charge on any atom is 0.328 e. The molecule has 1 aromatic carbocycles. The number of nitrogens with one attached hydrogen (secondary N) is 1. The van der Waals surface area contributed by atoms with Crippen molar-refractivity contribution < 1.29 is 19.1 Å². The molecule has 1 aliphatic heterocycles. The molecule has 1 N–H and O–H groups in total. The van der Waals surface area contributed by atoms with Gasteiger partial charge in [0.15, 0.2) is 5.69 Å². The molecule has 0 spiro atoms. The number of para-hydroxylation sites is 1. The minimum atomic E-state index is -0.744. The second-order valence-corrected chi connectivity index (χ2v) is 5.53. The Labute approximate surface area is 139 Å². The normalized spacial score (nSPS) is 13.3. The Balaban J connectivity index is 1.90. The summed E-state index contributed by atoms with van der Waals surface area (Å²) in [6.07, 6.45) is 0. The van der Waals surface area contributed by atoms with Crippen molar-refractivity contribution in [1.29, 1.82) is 0 Å². The van der Waals surface area contributed by atoms with E-state index in [9.17, 15) is 9.59 Å². The zero-order valence-corrected chi connectivity index (χ0v) is 13.8. The van der Waals surface area contributed by atoms with E-state index in [1.165, 1.54) is 0 Å². The van der Waals surface area contributed by atoms with E-state index >= 15 is 0 Å². The summed E-state index contributed by atoms with van der Waals surface area (Å²) in [4.78, 5) is 24.2. The van der Waals surface area contributed by atoms with Crippen molar-refractivity contribution in [3.05, 3.63) is 35.5 Å². The lowest BCUT2D eigenvalue weighted by Crippen LogP contribution is -2.40.